The Hall–Kier alpha value is -4.99. The Morgan fingerprint density at radius 1 is 1.03 bits per heavy atom. The van der Waals surface area contributed by atoms with Gasteiger partial charge in [-0.3, -0.25) is 14.9 Å². The maximum absolute atomic E-state index is 12.7. The highest BCUT2D eigenvalue weighted by Gasteiger charge is 2.15. The molecule has 35 heavy (non-hydrogen) atoms. The van der Waals surface area contributed by atoms with Crippen molar-refractivity contribution >= 4 is 28.3 Å². The van der Waals surface area contributed by atoms with Crippen molar-refractivity contribution in [3.63, 3.8) is 0 Å². The van der Waals surface area contributed by atoms with E-state index in [-0.39, 0.29) is 11.4 Å². The van der Waals surface area contributed by atoms with Crippen LogP contribution in [0.4, 0.5) is 11.4 Å². The van der Waals surface area contributed by atoms with Crippen LogP contribution in [0.1, 0.15) is 17.5 Å². The second-order valence-corrected chi connectivity index (χ2v) is 7.55. The molecule has 0 atom stereocenters. The van der Waals surface area contributed by atoms with Gasteiger partial charge < -0.3 is 14.5 Å². The molecule has 0 aliphatic heterocycles. The fourth-order valence-electron chi connectivity index (χ4n) is 3.53. The molecule has 1 N–H and O–H groups in total. The zero-order valence-electron chi connectivity index (χ0n) is 18.5. The van der Waals surface area contributed by atoms with Gasteiger partial charge in [0.2, 0.25) is 0 Å². The average Bonchev–Trinajstić information content (AvgIpc) is 3.52. The summed E-state index contributed by atoms with van der Waals surface area (Å²) < 4.78 is 11.1. The molecule has 0 fully saturated rings. The third-order valence-electron chi connectivity index (χ3n) is 5.19. The normalized spacial score (nSPS) is 10.9. The van der Waals surface area contributed by atoms with Gasteiger partial charge in [-0.05, 0) is 61.5 Å². The van der Waals surface area contributed by atoms with E-state index in [2.05, 4.69) is 15.5 Å². The molecule has 10 heteroatoms. The third kappa shape index (κ3) is 4.58. The number of nitrogens with one attached hydrogen (secondary N) is 1. The molecule has 0 radical (unpaired) electrons. The number of nitrogens with zero attached hydrogens (tertiary/aromatic N) is 4. The monoisotopic (exact) mass is 469 g/mol. The van der Waals surface area contributed by atoms with Crippen molar-refractivity contribution in [2.24, 2.45) is 0 Å². The average molecular weight is 469 g/mol. The van der Waals surface area contributed by atoms with Gasteiger partial charge in [-0.2, -0.15) is 4.80 Å². The number of carbonyl (C=O) groups excluding carboxylic acids is 1. The molecule has 1 amide bonds. The minimum Gasteiger partial charge on any atom is -0.494 e. The highest BCUT2D eigenvalue weighted by molar-refractivity contribution is 6.03. The number of hydrogen-bond donors (Lipinski definition) is 1. The Kier molecular flexibility index (Phi) is 5.68. The van der Waals surface area contributed by atoms with Crippen molar-refractivity contribution in [3.8, 4) is 22.8 Å². The van der Waals surface area contributed by atoms with E-state index in [1.54, 1.807) is 36.4 Å². The van der Waals surface area contributed by atoms with Gasteiger partial charge in [-0.15, -0.1) is 10.2 Å². The first kappa shape index (κ1) is 21.8. The largest absolute Gasteiger partial charge is 0.494 e. The third-order valence-corrected chi connectivity index (χ3v) is 5.19. The van der Waals surface area contributed by atoms with Crippen LogP contribution in [-0.2, 0) is 0 Å². The molecule has 0 saturated carbocycles. The van der Waals surface area contributed by atoms with E-state index in [0.29, 0.717) is 34.7 Å². The summed E-state index contributed by atoms with van der Waals surface area (Å²) in [6.45, 7) is 2.51. The fourth-order valence-corrected chi connectivity index (χ4v) is 3.53. The molecule has 0 unspecified atom stereocenters. The predicted molar refractivity (Wildman–Crippen MR) is 129 cm³/mol. The lowest BCUT2D eigenvalue weighted by molar-refractivity contribution is -0.384. The number of carbonyl (C=O) groups is 1. The summed E-state index contributed by atoms with van der Waals surface area (Å²) >= 11 is 0. The Morgan fingerprint density at radius 2 is 1.83 bits per heavy atom. The first-order chi connectivity index (χ1) is 17.0. The summed E-state index contributed by atoms with van der Waals surface area (Å²) in [5.74, 6) is 0.738. The molecule has 10 nitrogen and oxygen atoms in total. The fraction of sp³-hybridized carbons (Fsp3) is 0.0800. The van der Waals surface area contributed by atoms with E-state index in [1.165, 1.54) is 23.0 Å². The zero-order valence-corrected chi connectivity index (χ0v) is 18.5. The van der Waals surface area contributed by atoms with E-state index in [4.69, 9.17) is 9.15 Å². The van der Waals surface area contributed by atoms with Gasteiger partial charge in [0.25, 0.3) is 11.6 Å². The SMILES string of the molecule is CCOc1ccc(-n2nc3ccc(NC(=O)c4ccc(-c5cccc([N+](=O)[O-])c5)o4)cc3n2)cc1. The van der Waals surface area contributed by atoms with Gasteiger partial charge in [-0.1, -0.05) is 12.1 Å². The quantitative estimate of drug-likeness (QED) is 0.255. The number of amides is 1. The lowest BCUT2D eigenvalue weighted by Gasteiger charge is -2.03. The molecule has 174 valence electrons. The number of furan rings is 1. The lowest BCUT2D eigenvalue weighted by atomic mass is 10.1. The van der Waals surface area contributed by atoms with Crippen molar-refractivity contribution in [2.75, 3.05) is 11.9 Å². The van der Waals surface area contributed by atoms with Crippen molar-refractivity contribution in [3.05, 3.63) is 94.7 Å². The molecule has 0 aliphatic rings. The topological polar surface area (TPSA) is 125 Å². The maximum Gasteiger partial charge on any atom is 0.291 e. The molecule has 5 rings (SSSR count). The van der Waals surface area contributed by atoms with Crippen LogP contribution < -0.4 is 10.1 Å². The standard InChI is InChI=1S/C25H19N5O5/c1-2-34-20-9-7-18(8-10-20)29-27-21-11-6-17(15-22(21)28-29)26-25(31)24-13-12-23(35-24)16-4-3-5-19(14-16)30(32)33/h3-15H,2H2,1H3,(H,26,31). The zero-order chi connectivity index (χ0) is 24.4. The Balaban J connectivity index is 1.33. The molecule has 3 aromatic carbocycles. The Labute approximate surface area is 198 Å². The molecule has 0 saturated heterocycles. The first-order valence-corrected chi connectivity index (χ1v) is 10.8. The molecular weight excluding hydrogens is 450 g/mol. The molecule has 0 aliphatic carbocycles. The highest BCUT2D eigenvalue weighted by atomic mass is 16.6. The number of fused-ring (bicyclic) bond motifs is 1. The van der Waals surface area contributed by atoms with Crippen molar-refractivity contribution < 1.29 is 18.9 Å². The molecule has 2 heterocycles. The predicted octanol–water partition coefficient (Wildman–Crippen LogP) is 5.24. The summed E-state index contributed by atoms with van der Waals surface area (Å²) in [5, 5.41) is 22.8. The second kappa shape index (κ2) is 9.10. The van der Waals surface area contributed by atoms with E-state index in [1.807, 2.05) is 31.2 Å². The first-order valence-electron chi connectivity index (χ1n) is 10.8. The van der Waals surface area contributed by atoms with E-state index in [9.17, 15) is 14.9 Å². The summed E-state index contributed by atoms with van der Waals surface area (Å²) in [7, 11) is 0. The van der Waals surface area contributed by atoms with Gasteiger partial charge in [0, 0.05) is 23.4 Å². The van der Waals surface area contributed by atoms with Gasteiger partial charge in [0.05, 0.1) is 17.2 Å². The van der Waals surface area contributed by atoms with E-state index < -0.39 is 10.8 Å². The van der Waals surface area contributed by atoms with E-state index >= 15 is 0 Å². The van der Waals surface area contributed by atoms with Crippen LogP contribution in [0.15, 0.2) is 83.3 Å². The Morgan fingerprint density at radius 3 is 2.60 bits per heavy atom. The van der Waals surface area contributed by atoms with Crippen molar-refractivity contribution in [1.29, 1.82) is 0 Å². The van der Waals surface area contributed by atoms with Gasteiger partial charge in [0.15, 0.2) is 5.76 Å². The van der Waals surface area contributed by atoms with Gasteiger partial charge in [0.1, 0.15) is 22.5 Å². The Bertz CT molecular complexity index is 1540. The summed E-state index contributed by atoms with van der Waals surface area (Å²) in [5.41, 5.74) is 3.02. The van der Waals surface area contributed by atoms with Crippen LogP contribution in [0.25, 0.3) is 28.0 Å². The number of hydrogen-bond acceptors (Lipinski definition) is 7. The van der Waals surface area contributed by atoms with Gasteiger partial charge >= 0.3 is 0 Å². The summed E-state index contributed by atoms with van der Waals surface area (Å²) in [6, 6.07) is 21.8. The minimum atomic E-state index is -0.484. The second-order valence-electron chi connectivity index (χ2n) is 7.55. The number of rotatable bonds is 7. The smallest absolute Gasteiger partial charge is 0.291 e. The number of nitro groups is 1. The lowest BCUT2D eigenvalue weighted by Crippen LogP contribution is -2.10. The van der Waals surface area contributed by atoms with Crippen molar-refractivity contribution in [2.45, 2.75) is 6.92 Å². The summed E-state index contributed by atoms with van der Waals surface area (Å²) in [6.07, 6.45) is 0. The number of non-ortho nitro benzene ring substituents is 1. The number of aromatic nitrogens is 3. The van der Waals surface area contributed by atoms with Crippen LogP contribution in [0.3, 0.4) is 0 Å². The maximum atomic E-state index is 12.7. The highest BCUT2D eigenvalue weighted by Crippen LogP contribution is 2.26. The van der Waals surface area contributed by atoms with Gasteiger partial charge in [-0.25, -0.2) is 0 Å². The van der Waals surface area contributed by atoms with Crippen LogP contribution in [0.5, 0.6) is 5.75 Å². The molecule has 2 aromatic heterocycles. The summed E-state index contributed by atoms with van der Waals surface area (Å²) in [4.78, 5) is 24.8. The van der Waals surface area contributed by atoms with Crippen LogP contribution in [-0.4, -0.2) is 32.4 Å². The number of nitro benzene ring substituents is 1. The van der Waals surface area contributed by atoms with Crippen molar-refractivity contribution in [1.82, 2.24) is 15.0 Å². The van der Waals surface area contributed by atoms with Crippen LogP contribution >= 0.6 is 0 Å². The van der Waals surface area contributed by atoms with Crippen LogP contribution in [0, 0.1) is 10.1 Å². The number of ether oxygens (including phenoxy) is 1. The van der Waals surface area contributed by atoms with Crippen LogP contribution in [0.2, 0.25) is 0 Å². The minimum absolute atomic E-state index is 0.0588. The number of benzene rings is 3. The molecule has 0 spiro atoms. The molecule has 5 aromatic rings. The molecular formula is C25H19N5O5. The number of anilines is 1. The molecule has 0 bridgehead atoms. The van der Waals surface area contributed by atoms with E-state index in [0.717, 1.165) is 11.4 Å².